The molecule has 0 saturated carbocycles. The van der Waals surface area contributed by atoms with E-state index in [0.717, 1.165) is 21.4 Å². The molecular formula is C16H14ClNO. The van der Waals surface area contributed by atoms with Crippen LogP contribution in [0.15, 0.2) is 59.4 Å². The minimum Gasteiger partial charge on any atom is -0.472 e. The smallest absolute Gasteiger partial charge is 0.0953 e. The number of benzene rings is 2. The molecule has 0 aliphatic carbocycles. The van der Waals surface area contributed by atoms with Crippen LogP contribution in [0.4, 0.5) is 0 Å². The van der Waals surface area contributed by atoms with Crippen molar-refractivity contribution < 1.29 is 4.42 Å². The van der Waals surface area contributed by atoms with Crippen molar-refractivity contribution in [2.24, 2.45) is 0 Å². The summed E-state index contributed by atoms with van der Waals surface area (Å²) in [5.41, 5.74) is 2.30. The SMILES string of the molecule is CNC(c1ccoc1)c1ccc(Cl)c2ccccc12. The van der Waals surface area contributed by atoms with Crippen molar-refractivity contribution in [2.45, 2.75) is 6.04 Å². The first kappa shape index (κ1) is 12.3. The summed E-state index contributed by atoms with van der Waals surface area (Å²) >= 11 is 6.26. The first-order valence-corrected chi connectivity index (χ1v) is 6.55. The van der Waals surface area contributed by atoms with Gasteiger partial charge in [0.2, 0.25) is 0 Å². The van der Waals surface area contributed by atoms with Crippen LogP contribution in [0.2, 0.25) is 5.02 Å². The fraction of sp³-hybridized carbons (Fsp3) is 0.125. The summed E-state index contributed by atoms with van der Waals surface area (Å²) in [5, 5.41) is 6.35. The summed E-state index contributed by atoms with van der Waals surface area (Å²) in [7, 11) is 1.95. The van der Waals surface area contributed by atoms with Gasteiger partial charge in [-0.1, -0.05) is 41.9 Å². The Morgan fingerprint density at radius 3 is 2.53 bits per heavy atom. The third-order valence-corrected chi connectivity index (χ3v) is 3.71. The van der Waals surface area contributed by atoms with Gasteiger partial charge < -0.3 is 9.73 Å². The Kier molecular flexibility index (Phi) is 3.28. The summed E-state index contributed by atoms with van der Waals surface area (Å²) in [6.45, 7) is 0. The summed E-state index contributed by atoms with van der Waals surface area (Å²) in [6.07, 6.45) is 3.46. The molecule has 2 nitrogen and oxygen atoms in total. The van der Waals surface area contributed by atoms with Crippen LogP contribution in [0.3, 0.4) is 0 Å². The van der Waals surface area contributed by atoms with Crippen LogP contribution in [0, 0.1) is 0 Å². The number of hydrogen-bond donors (Lipinski definition) is 1. The molecule has 3 rings (SSSR count). The van der Waals surface area contributed by atoms with Crippen molar-refractivity contribution in [3.63, 3.8) is 0 Å². The average Bonchev–Trinajstić information content (AvgIpc) is 2.96. The van der Waals surface area contributed by atoms with E-state index in [0.29, 0.717) is 0 Å². The number of furan rings is 1. The molecule has 1 aromatic heterocycles. The Bertz CT molecular complexity index is 691. The second kappa shape index (κ2) is 5.08. The fourth-order valence-corrected chi connectivity index (χ4v) is 2.71. The minimum absolute atomic E-state index is 0.0981. The maximum absolute atomic E-state index is 6.26. The number of halogens is 1. The van der Waals surface area contributed by atoms with E-state index in [1.54, 1.807) is 12.5 Å². The van der Waals surface area contributed by atoms with Gasteiger partial charge in [-0.15, -0.1) is 0 Å². The van der Waals surface area contributed by atoms with Gasteiger partial charge in [0, 0.05) is 16.0 Å². The zero-order valence-corrected chi connectivity index (χ0v) is 11.3. The van der Waals surface area contributed by atoms with Crippen molar-refractivity contribution in [3.05, 3.63) is 71.1 Å². The van der Waals surface area contributed by atoms with Gasteiger partial charge in [0.25, 0.3) is 0 Å². The van der Waals surface area contributed by atoms with Crippen molar-refractivity contribution in [1.82, 2.24) is 5.32 Å². The van der Waals surface area contributed by atoms with Gasteiger partial charge in [0.1, 0.15) is 0 Å². The van der Waals surface area contributed by atoms with Crippen LogP contribution in [0.25, 0.3) is 10.8 Å². The highest BCUT2D eigenvalue weighted by molar-refractivity contribution is 6.35. The van der Waals surface area contributed by atoms with Crippen LogP contribution < -0.4 is 5.32 Å². The van der Waals surface area contributed by atoms with E-state index in [4.69, 9.17) is 16.0 Å². The molecule has 3 aromatic rings. The molecule has 3 heteroatoms. The lowest BCUT2D eigenvalue weighted by Gasteiger charge is -2.18. The van der Waals surface area contributed by atoms with E-state index in [-0.39, 0.29) is 6.04 Å². The molecule has 2 aromatic carbocycles. The van der Waals surface area contributed by atoms with Gasteiger partial charge >= 0.3 is 0 Å². The third kappa shape index (κ3) is 2.14. The minimum atomic E-state index is 0.0981. The fourth-order valence-electron chi connectivity index (χ4n) is 2.48. The molecule has 1 heterocycles. The molecule has 0 saturated heterocycles. The van der Waals surface area contributed by atoms with E-state index in [1.807, 2.05) is 37.4 Å². The van der Waals surface area contributed by atoms with Crippen LogP contribution in [-0.4, -0.2) is 7.05 Å². The van der Waals surface area contributed by atoms with Gasteiger partial charge in [-0.25, -0.2) is 0 Å². The molecule has 1 N–H and O–H groups in total. The van der Waals surface area contributed by atoms with Crippen LogP contribution >= 0.6 is 11.6 Å². The zero-order valence-electron chi connectivity index (χ0n) is 10.6. The van der Waals surface area contributed by atoms with Gasteiger partial charge in [-0.2, -0.15) is 0 Å². The maximum Gasteiger partial charge on any atom is 0.0953 e. The lowest BCUT2D eigenvalue weighted by Crippen LogP contribution is -2.17. The lowest BCUT2D eigenvalue weighted by atomic mass is 9.95. The normalized spacial score (nSPS) is 12.7. The van der Waals surface area contributed by atoms with Crippen molar-refractivity contribution in [2.75, 3.05) is 7.05 Å². The Balaban J connectivity index is 2.22. The second-order valence-electron chi connectivity index (χ2n) is 4.46. The number of nitrogens with one attached hydrogen (secondary N) is 1. The maximum atomic E-state index is 6.26. The second-order valence-corrected chi connectivity index (χ2v) is 4.87. The van der Waals surface area contributed by atoms with E-state index in [1.165, 1.54) is 5.56 Å². The average molecular weight is 272 g/mol. The molecule has 0 bridgehead atoms. The lowest BCUT2D eigenvalue weighted by molar-refractivity contribution is 0.557. The molecular weight excluding hydrogens is 258 g/mol. The Morgan fingerprint density at radius 2 is 1.84 bits per heavy atom. The van der Waals surface area contributed by atoms with Crippen LogP contribution in [0.5, 0.6) is 0 Å². The summed E-state index contributed by atoms with van der Waals surface area (Å²) in [6, 6.07) is 14.3. The monoisotopic (exact) mass is 271 g/mol. The van der Waals surface area contributed by atoms with Crippen LogP contribution in [0.1, 0.15) is 17.2 Å². The molecule has 0 amide bonds. The molecule has 1 unspecified atom stereocenters. The van der Waals surface area contributed by atoms with Gasteiger partial charge in [0.05, 0.1) is 18.6 Å². The highest BCUT2D eigenvalue weighted by atomic mass is 35.5. The molecule has 1 atom stereocenters. The standard InChI is InChI=1S/C16H14ClNO/c1-18-16(11-8-9-19-10-11)14-6-7-15(17)13-5-3-2-4-12(13)14/h2-10,16,18H,1H3. The highest BCUT2D eigenvalue weighted by Crippen LogP contribution is 2.32. The molecule has 96 valence electrons. The summed E-state index contributed by atoms with van der Waals surface area (Å²) < 4.78 is 5.19. The highest BCUT2D eigenvalue weighted by Gasteiger charge is 2.16. The van der Waals surface area contributed by atoms with E-state index >= 15 is 0 Å². The predicted molar refractivity (Wildman–Crippen MR) is 78.6 cm³/mol. The van der Waals surface area contributed by atoms with Crippen LogP contribution in [-0.2, 0) is 0 Å². The molecule has 19 heavy (non-hydrogen) atoms. The Hall–Kier alpha value is -1.77. The first-order chi connectivity index (χ1) is 9.31. The summed E-state index contributed by atoms with van der Waals surface area (Å²) in [4.78, 5) is 0. The molecule has 0 fully saturated rings. The van der Waals surface area contributed by atoms with E-state index in [2.05, 4.69) is 17.4 Å². The molecule has 0 radical (unpaired) electrons. The van der Waals surface area contributed by atoms with Gasteiger partial charge in [-0.05, 0) is 30.1 Å². The van der Waals surface area contributed by atoms with Gasteiger partial charge in [-0.3, -0.25) is 0 Å². The first-order valence-electron chi connectivity index (χ1n) is 6.18. The Labute approximate surface area is 117 Å². The number of hydrogen-bond acceptors (Lipinski definition) is 2. The predicted octanol–water partition coefficient (Wildman–Crippen LogP) is 4.40. The van der Waals surface area contributed by atoms with Crippen molar-refractivity contribution >= 4 is 22.4 Å². The van der Waals surface area contributed by atoms with E-state index in [9.17, 15) is 0 Å². The summed E-state index contributed by atoms with van der Waals surface area (Å²) in [5.74, 6) is 0. The van der Waals surface area contributed by atoms with Gasteiger partial charge in [0.15, 0.2) is 0 Å². The largest absolute Gasteiger partial charge is 0.472 e. The molecule has 0 aliphatic heterocycles. The third-order valence-electron chi connectivity index (χ3n) is 3.38. The number of rotatable bonds is 3. The van der Waals surface area contributed by atoms with Crippen molar-refractivity contribution in [3.8, 4) is 0 Å². The van der Waals surface area contributed by atoms with Crippen molar-refractivity contribution in [1.29, 1.82) is 0 Å². The van der Waals surface area contributed by atoms with E-state index < -0.39 is 0 Å². The topological polar surface area (TPSA) is 25.2 Å². The number of fused-ring (bicyclic) bond motifs is 1. The zero-order chi connectivity index (χ0) is 13.2. The molecule has 0 spiro atoms. The molecule has 0 aliphatic rings. The quantitative estimate of drug-likeness (QED) is 0.764. The Morgan fingerprint density at radius 1 is 1.05 bits per heavy atom.